The van der Waals surface area contributed by atoms with Gasteiger partial charge in [-0.05, 0) is 59.5 Å². The molecule has 0 unspecified atom stereocenters. The first-order valence-corrected chi connectivity index (χ1v) is 10.6. The van der Waals surface area contributed by atoms with E-state index in [0.717, 1.165) is 53.0 Å². The zero-order valence-corrected chi connectivity index (χ0v) is 17.1. The molecule has 4 aromatic carbocycles. The monoisotopic (exact) mass is 415 g/mol. The molecule has 4 heteroatoms. The Balaban J connectivity index is 1.56. The molecule has 156 valence electrons. The van der Waals surface area contributed by atoms with Crippen molar-refractivity contribution in [2.75, 3.05) is 11.4 Å². The largest absolute Gasteiger partial charge is 0.508 e. The lowest BCUT2D eigenvalue weighted by molar-refractivity contribution is 0.470. The number of anilines is 1. The summed E-state index contributed by atoms with van der Waals surface area (Å²) < 4.78 is 28.4. The second-order valence-electron chi connectivity index (χ2n) is 8.11. The fraction of sp³-hybridized carbons (Fsp3) is 0.185. The number of benzene rings is 4. The van der Waals surface area contributed by atoms with Crippen LogP contribution in [0.4, 0.5) is 14.5 Å². The van der Waals surface area contributed by atoms with Crippen LogP contribution in [0.5, 0.6) is 5.75 Å². The Morgan fingerprint density at radius 2 is 1.71 bits per heavy atom. The Labute approximate surface area is 180 Å². The first-order chi connectivity index (χ1) is 15.1. The molecular weight excluding hydrogens is 392 g/mol. The number of nitrogens with zero attached hydrogens (tertiary/aromatic N) is 1. The Morgan fingerprint density at radius 3 is 2.61 bits per heavy atom. The van der Waals surface area contributed by atoms with E-state index in [9.17, 15) is 13.9 Å². The van der Waals surface area contributed by atoms with Crippen LogP contribution in [0.1, 0.15) is 35.6 Å². The summed E-state index contributed by atoms with van der Waals surface area (Å²) in [6.07, 6.45) is 2.24. The molecule has 0 aliphatic carbocycles. The Hall–Kier alpha value is -3.40. The van der Waals surface area contributed by atoms with Crippen molar-refractivity contribution in [2.24, 2.45) is 0 Å². The number of halogens is 2. The van der Waals surface area contributed by atoms with Gasteiger partial charge in [-0.15, -0.1) is 0 Å². The van der Waals surface area contributed by atoms with Crippen molar-refractivity contribution >= 4 is 16.5 Å². The summed E-state index contributed by atoms with van der Waals surface area (Å²) in [6, 6.07) is 23.2. The molecule has 1 atom stereocenters. The number of aromatic hydroxyl groups is 1. The van der Waals surface area contributed by atoms with Crippen LogP contribution in [-0.4, -0.2) is 11.7 Å². The summed E-state index contributed by atoms with van der Waals surface area (Å²) in [6.45, 7) is 0.777. The van der Waals surface area contributed by atoms with Gasteiger partial charge in [-0.3, -0.25) is 0 Å². The highest BCUT2D eigenvalue weighted by Crippen LogP contribution is 2.40. The molecule has 1 N–H and O–H groups in total. The third-order valence-electron chi connectivity index (χ3n) is 6.25. The maximum absolute atomic E-state index is 14.6. The number of para-hydroxylation sites is 1. The smallest absolute Gasteiger partial charge is 0.128 e. The Bertz CT molecular complexity index is 1250. The van der Waals surface area contributed by atoms with E-state index in [-0.39, 0.29) is 17.6 Å². The average Bonchev–Trinajstić information content (AvgIpc) is 3.27. The molecule has 31 heavy (non-hydrogen) atoms. The Kier molecular flexibility index (Phi) is 5.06. The molecule has 1 heterocycles. The van der Waals surface area contributed by atoms with Crippen LogP contribution >= 0.6 is 0 Å². The summed E-state index contributed by atoms with van der Waals surface area (Å²) in [5.41, 5.74) is 3.33. The second kappa shape index (κ2) is 8.03. The van der Waals surface area contributed by atoms with Crippen LogP contribution in [0.2, 0.25) is 0 Å². The predicted molar refractivity (Wildman–Crippen MR) is 121 cm³/mol. The van der Waals surface area contributed by atoms with Gasteiger partial charge in [0.2, 0.25) is 0 Å². The van der Waals surface area contributed by atoms with E-state index in [0.29, 0.717) is 12.0 Å². The van der Waals surface area contributed by atoms with Crippen molar-refractivity contribution < 1.29 is 13.9 Å². The van der Waals surface area contributed by atoms with Gasteiger partial charge in [0, 0.05) is 29.8 Å². The van der Waals surface area contributed by atoms with Gasteiger partial charge in [0.1, 0.15) is 17.4 Å². The Morgan fingerprint density at radius 1 is 0.903 bits per heavy atom. The zero-order valence-electron chi connectivity index (χ0n) is 17.1. The summed E-state index contributed by atoms with van der Waals surface area (Å²) in [7, 11) is 0. The second-order valence-corrected chi connectivity index (χ2v) is 8.11. The van der Waals surface area contributed by atoms with Crippen molar-refractivity contribution in [3.05, 3.63) is 107 Å². The lowest BCUT2D eigenvalue weighted by Crippen LogP contribution is -2.24. The van der Waals surface area contributed by atoms with E-state index >= 15 is 0 Å². The molecule has 1 aliphatic heterocycles. The van der Waals surface area contributed by atoms with Crippen molar-refractivity contribution in [2.45, 2.75) is 25.3 Å². The molecule has 0 aromatic heterocycles. The van der Waals surface area contributed by atoms with Crippen LogP contribution in [0.3, 0.4) is 0 Å². The number of phenolic OH excluding ortho intramolecular Hbond substituents is 1. The van der Waals surface area contributed by atoms with E-state index in [2.05, 4.69) is 4.90 Å². The number of rotatable bonds is 4. The molecule has 0 saturated carbocycles. The van der Waals surface area contributed by atoms with Crippen molar-refractivity contribution in [1.29, 1.82) is 0 Å². The van der Waals surface area contributed by atoms with E-state index in [1.54, 1.807) is 6.07 Å². The highest BCUT2D eigenvalue weighted by molar-refractivity contribution is 5.88. The lowest BCUT2D eigenvalue weighted by Gasteiger charge is -2.30. The van der Waals surface area contributed by atoms with Gasteiger partial charge < -0.3 is 10.0 Å². The van der Waals surface area contributed by atoms with E-state index in [1.807, 2.05) is 54.6 Å². The van der Waals surface area contributed by atoms with Crippen LogP contribution < -0.4 is 4.90 Å². The summed E-state index contributed by atoms with van der Waals surface area (Å²) in [5.74, 6) is -0.526. The van der Waals surface area contributed by atoms with Gasteiger partial charge in [-0.1, -0.05) is 48.5 Å². The van der Waals surface area contributed by atoms with Crippen molar-refractivity contribution in [1.82, 2.24) is 0 Å². The SMILES string of the molecule is Oc1ccc2ccccc2c1Cc1ccccc1N1CCC[C@@H]1c1cc(F)ccc1F. The van der Waals surface area contributed by atoms with E-state index < -0.39 is 5.82 Å². The lowest BCUT2D eigenvalue weighted by atomic mass is 9.95. The first kappa shape index (κ1) is 19.6. The molecule has 4 aromatic rings. The van der Waals surface area contributed by atoms with Gasteiger partial charge in [-0.25, -0.2) is 8.78 Å². The minimum Gasteiger partial charge on any atom is -0.508 e. The number of fused-ring (bicyclic) bond motifs is 1. The quantitative estimate of drug-likeness (QED) is 0.398. The first-order valence-electron chi connectivity index (χ1n) is 10.6. The van der Waals surface area contributed by atoms with Crippen LogP contribution in [0.15, 0.2) is 78.9 Å². The van der Waals surface area contributed by atoms with Crippen molar-refractivity contribution in [3.8, 4) is 5.75 Å². The zero-order chi connectivity index (χ0) is 21.4. The molecule has 0 bridgehead atoms. The summed E-state index contributed by atoms with van der Waals surface area (Å²) in [5, 5.41) is 12.7. The highest BCUT2D eigenvalue weighted by atomic mass is 19.1. The number of hydrogen-bond donors (Lipinski definition) is 1. The molecule has 0 spiro atoms. The maximum Gasteiger partial charge on any atom is 0.128 e. The molecular formula is C27H23F2NO. The molecule has 1 saturated heterocycles. The fourth-order valence-corrected chi connectivity index (χ4v) is 4.79. The van der Waals surface area contributed by atoms with Gasteiger partial charge in [-0.2, -0.15) is 0 Å². The summed E-state index contributed by atoms with van der Waals surface area (Å²) in [4.78, 5) is 2.18. The standard InChI is InChI=1S/C27H23F2NO/c28-20-12-13-24(29)23(17-20)26-10-5-15-30(26)25-9-4-2-7-19(25)16-22-21-8-3-1-6-18(21)11-14-27(22)31/h1-4,6-9,11-14,17,26,31H,5,10,15-16H2/t26-/m1/s1. The van der Waals surface area contributed by atoms with Gasteiger partial charge in [0.15, 0.2) is 0 Å². The molecule has 0 amide bonds. The molecule has 1 aliphatic rings. The van der Waals surface area contributed by atoms with Crippen LogP contribution in [0, 0.1) is 11.6 Å². The minimum absolute atomic E-state index is 0.210. The van der Waals surface area contributed by atoms with E-state index in [1.165, 1.54) is 12.1 Å². The summed E-state index contributed by atoms with van der Waals surface area (Å²) >= 11 is 0. The van der Waals surface area contributed by atoms with Gasteiger partial charge >= 0.3 is 0 Å². The molecule has 0 radical (unpaired) electrons. The minimum atomic E-state index is -0.419. The highest BCUT2D eigenvalue weighted by Gasteiger charge is 2.30. The van der Waals surface area contributed by atoms with Crippen LogP contribution in [-0.2, 0) is 6.42 Å². The third-order valence-corrected chi connectivity index (χ3v) is 6.25. The van der Waals surface area contributed by atoms with Crippen LogP contribution in [0.25, 0.3) is 10.8 Å². The fourth-order valence-electron chi connectivity index (χ4n) is 4.79. The third kappa shape index (κ3) is 3.63. The average molecular weight is 415 g/mol. The number of phenols is 1. The van der Waals surface area contributed by atoms with Gasteiger partial charge in [0.25, 0.3) is 0 Å². The van der Waals surface area contributed by atoms with E-state index in [4.69, 9.17) is 0 Å². The van der Waals surface area contributed by atoms with Gasteiger partial charge in [0.05, 0.1) is 6.04 Å². The topological polar surface area (TPSA) is 23.5 Å². The van der Waals surface area contributed by atoms with Crippen molar-refractivity contribution in [3.63, 3.8) is 0 Å². The normalized spacial score (nSPS) is 16.2. The maximum atomic E-state index is 14.6. The molecule has 1 fully saturated rings. The molecule has 2 nitrogen and oxygen atoms in total. The molecule has 5 rings (SSSR count). The number of hydrogen-bond acceptors (Lipinski definition) is 2. The predicted octanol–water partition coefficient (Wildman–Crippen LogP) is 6.76.